The number of amides is 1. The van der Waals surface area contributed by atoms with Crippen molar-refractivity contribution in [2.75, 3.05) is 6.54 Å². The van der Waals surface area contributed by atoms with Gasteiger partial charge >= 0.3 is 0 Å². The van der Waals surface area contributed by atoms with Crippen LogP contribution in [0.25, 0.3) is 11.4 Å². The number of nitro benzene ring substituents is 1. The molecule has 2 heterocycles. The minimum absolute atomic E-state index is 0.120. The summed E-state index contributed by atoms with van der Waals surface area (Å²) in [4.78, 5) is 29.7. The summed E-state index contributed by atoms with van der Waals surface area (Å²) in [5.74, 6) is 0.454. The van der Waals surface area contributed by atoms with Crippen LogP contribution < -0.4 is 0 Å². The molecule has 1 atom stereocenters. The minimum atomic E-state index is -0.514. The number of hydrogen-bond donors (Lipinski definition) is 0. The predicted molar refractivity (Wildman–Crippen MR) is 105 cm³/mol. The molecule has 1 aromatic heterocycles. The van der Waals surface area contributed by atoms with Gasteiger partial charge in [0.1, 0.15) is 6.04 Å². The van der Waals surface area contributed by atoms with Crippen LogP contribution in [0, 0.1) is 10.1 Å². The van der Waals surface area contributed by atoms with Gasteiger partial charge in [0.2, 0.25) is 11.7 Å². The lowest BCUT2D eigenvalue weighted by atomic mass is 10.0. The maximum atomic E-state index is 13.1. The third-order valence-electron chi connectivity index (χ3n) is 4.88. The van der Waals surface area contributed by atoms with E-state index >= 15 is 0 Å². The second-order valence-corrected chi connectivity index (χ2v) is 7.22. The zero-order chi connectivity index (χ0) is 20.4. The van der Waals surface area contributed by atoms with Crippen LogP contribution in [-0.4, -0.2) is 32.4 Å². The molecule has 0 radical (unpaired) electrons. The molecule has 1 amide bonds. The number of benzene rings is 2. The third-order valence-corrected chi connectivity index (χ3v) is 5.11. The van der Waals surface area contributed by atoms with Crippen LogP contribution in [-0.2, 0) is 0 Å². The quantitative estimate of drug-likeness (QED) is 0.456. The molecule has 1 aliphatic heterocycles. The monoisotopic (exact) mass is 412 g/mol. The van der Waals surface area contributed by atoms with E-state index in [0.717, 1.165) is 18.4 Å². The number of nitrogens with zero attached hydrogens (tertiary/aromatic N) is 4. The molecule has 4 rings (SSSR count). The Balaban J connectivity index is 1.62. The summed E-state index contributed by atoms with van der Waals surface area (Å²) >= 11 is 6.03. The van der Waals surface area contributed by atoms with Gasteiger partial charge in [0, 0.05) is 34.8 Å². The van der Waals surface area contributed by atoms with E-state index < -0.39 is 4.92 Å². The number of nitro groups is 1. The lowest BCUT2D eigenvalue weighted by Crippen LogP contribution is -2.38. The van der Waals surface area contributed by atoms with Crippen LogP contribution in [0.1, 0.15) is 41.6 Å². The van der Waals surface area contributed by atoms with Gasteiger partial charge < -0.3 is 9.42 Å². The van der Waals surface area contributed by atoms with Gasteiger partial charge in [-0.1, -0.05) is 35.0 Å². The number of carbonyl (C=O) groups is 1. The first-order valence-corrected chi connectivity index (χ1v) is 9.56. The fourth-order valence-electron chi connectivity index (χ4n) is 3.47. The van der Waals surface area contributed by atoms with Crippen LogP contribution >= 0.6 is 11.6 Å². The summed E-state index contributed by atoms with van der Waals surface area (Å²) in [7, 11) is 0. The first-order valence-electron chi connectivity index (χ1n) is 9.18. The van der Waals surface area contributed by atoms with Gasteiger partial charge in [-0.15, -0.1) is 0 Å². The molecular formula is C20H17ClN4O4. The van der Waals surface area contributed by atoms with Crippen LogP contribution in [0.4, 0.5) is 5.69 Å². The molecule has 0 aliphatic carbocycles. The number of likely N-dealkylation sites (tertiary alicyclic amines) is 1. The SMILES string of the molecule is O=C(c1cccc([N+](=O)[O-])c1)N1CCCCC1c1nc(-c2cccc(Cl)c2)no1. The Morgan fingerprint density at radius 1 is 1.21 bits per heavy atom. The Morgan fingerprint density at radius 2 is 2.03 bits per heavy atom. The van der Waals surface area contributed by atoms with Gasteiger partial charge in [-0.25, -0.2) is 0 Å². The predicted octanol–water partition coefficient (Wildman–Crippen LogP) is 4.67. The maximum absolute atomic E-state index is 13.1. The number of halogens is 1. The molecule has 2 aromatic carbocycles. The lowest BCUT2D eigenvalue weighted by molar-refractivity contribution is -0.384. The molecule has 0 N–H and O–H groups in total. The van der Waals surface area contributed by atoms with E-state index in [1.54, 1.807) is 29.2 Å². The number of carbonyl (C=O) groups excluding carboxylic acids is 1. The van der Waals surface area contributed by atoms with Gasteiger partial charge in [0.15, 0.2) is 0 Å². The molecule has 29 heavy (non-hydrogen) atoms. The standard InChI is InChI=1S/C20H17ClN4O4/c21-15-7-3-5-13(11-15)18-22-19(29-23-18)17-9-1-2-10-24(17)20(26)14-6-4-8-16(12-14)25(27)28/h3-8,11-12,17H,1-2,9-10H2. The van der Waals surface area contributed by atoms with Crippen LogP contribution in [0.3, 0.4) is 0 Å². The minimum Gasteiger partial charge on any atom is -0.337 e. The van der Waals surface area contributed by atoms with Crippen molar-refractivity contribution in [3.05, 3.63) is 75.1 Å². The van der Waals surface area contributed by atoms with Crippen molar-refractivity contribution in [2.24, 2.45) is 0 Å². The second-order valence-electron chi connectivity index (χ2n) is 6.78. The van der Waals surface area contributed by atoms with E-state index in [2.05, 4.69) is 10.1 Å². The highest BCUT2D eigenvalue weighted by Gasteiger charge is 2.33. The van der Waals surface area contributed by atoms with Crippen LogP contribution in [0.15, 0.2) is 53.1 Å². The average molecular weight is 413 g/mol. The highest BCUT2D eigenvalue weighted by Crippen LogP contribution is 2.33. The Labute approximate surface area is 171 Å². The molecular weight excluding hydrogens is 396 g/mol. The highest BCUT2D eigenvalue weighted by molar-refractivity contribution is 6.30. The Bertz CT molecular complexity index is 1070. The van der Waals surface area contributed by atoms with Gasteiger partial charge in [-0.05, 0) is 37.5 Å². The number of hydrogen-bond acceptors (Lipinski definition) is 6. The van der Waals surface area contributed by atoms with Crippen LogP contribution in [0.5, 0.6) is 0 Å². The van der Waals surface area contributed by atoms with E-state index in [-0.39, 0.29) is 23.2 Å². The third kappa shape index (κ3) is 3.97. The number of aromatic nitrogens is 2. The number of piperidine rings is 1. The molecule has 0 spiro atoms. The Kier molecular flexibility index (Phi) is 5.26. The molecule has 1 fully saturated rings. The molecule has 1 unspecified atom stereocenters. The topological polar surface area (TPSA) is 102 Å². The largest absolute Gasteiger partial charge is 0.337 e. The van der Waals surface area contributed by atoms with Gasteiger partial charge in [0.25, 0.3) is 11.6 Å². The lowest BCUT2D eigenvalue weighted by Gasteiger charge is -2.33. The summed E-state index contributed by atoms with van der Waals surface area (Å²) in [6, 6.07) is 12.5. The molecule has 1 aliphatic rings. The van der Waals surface area contributed by atoms with E-state index in [1.165, 1.54) is 18.2 Å². The smallest absolute Gasteiger partial charge is 0.270 e. The fraction of sp³-hybridized carbons (Fsp3) is 0.250. The zero-order valence-electron chi connectivity index (χ0n) is 15.3. The van der Waals surface area contributed by atoms with Crippen molar-refractivity contribution >= 4 is 23.2 Å². The molecule has 0 saturated carbocycles. The highest BCUT2D eigenvalue weighted by atomic mass is 35.5. The van der Waals surface area contributed by atoms with Gasteiger partial charge in [-0.3, -0.25) is 14.9 Å². The first kappa shape index (κ1) is 19.1. The van der Waals surface area contributed by atoms with E-state index in [9.17, 15) is 14.9 Å². The fourth-order valence-corrected chi connectivity index (χ4v) is 3.66. The normalized spacial score (nSPS) is 16.6. The molecule has 1 saturated heterocycles. The van der Waals surface area contributed by atoms with E-state index in [0.29, 0.717) is 29.7 Å². The Hall–Kier alpha value is -3.26. The molecule has 3 aromatic rings. The summed E-state index contributed by atoms with van der Waals surface area (Å²) in [6.07, 6.45) is 2.43. The molecule has 148 valence electrons. The molecule has 8 nitrogen and oxygen atoms in total. The van der Waals surface area contributed by atoms with Crippen molar-refractivity contribution in [2.45, 2.75) is 25.3 Å². The molecule has 9 heteroatoms. The van der Waals surface area contributed by atoms with E-state index in [4.69, 9.17) is 16.1 Å². The summed E-state index contributed by atoms with van der Waals surface area (Å²) in [6.45, 7) is 0.515. The summed E-state index contributed by atoms with van der Waals surface area (Å²) in [5, 5.41) is 15.6. The molecule has 0 bridgehead atoms. The Morgan fingerprint density at radius 3 is 2.83 bits per heavy atom. The second kappa shape index (κ2) is 8.00. The summed E-state index contributed by atoms with van der Waals surface area (Å²) in [5.41, 5.74) is 0.867. The van der Waals surface area contributed by atoms with Crippen molar-refractivity contribution in [3.8, 4) is 11.4 Å². The number of rotatable bonds is 4. The van der Waals surface area contributed by atoms with Crippen molar-refractivity contribution in [1.82, 2.24) is 15.0 Å². The van der Waals surface area contributed by atoms with Gasteiger partial charge in [0.05, 0.1) is 4.92 Å². The van der Waals surface area contributed by atoms with Crippen molar-refractivity contribution < 1.29 is 14.2 Å². The first-order chi connectivity index (χ1) is 14.0. The van der Waals surface area contributed by atoms with Crippen molar-refractivity contribution in [3.63, 3.8) is 0 Å². The zero-order valence-corrected chi connectivity index (χ0v) is 16.1. The maximum Gasteiger partial charge on any atom is 0.270 e. The van der Waals surface area contributed by atoms with Crippen molar-refractivity contribution in [1.29, 1.82) is 0 Å². The summed E-state index contributed by atoms with van der Waals surface area (Å²) < 4.78 is 5.47. The number of non-ortho nitro benzene ring substituents is 1. The van der Waals surface area contributed by atoms with Gasteiger partial charge in [-0.2, -0.15) is 4.98 Å². The average Bonchev–Trinajstić information content (AvgIpc) is 3.23. The van der Waals surface area contributed by atoms with Crippen LogP contribution in [0.2, 0.25) is 5.02 Å². The van der Waals surface area contributed by atoms with E-state index in [1.807, 2.05) is 6.07 Å².